The third kappa shape index (κ3) is 4.01. The first-order valence-electron chi connectivity index (χ1n) is 9.36. The molecule has 1 saturated heterocycles. The summed E-state index contributed by atoms with van der Waals surface area (Å²) in [6.45, 7) is 3.09. The third-order valence-electron chi connectivity index (χ3n) is 5.13. The van der Waals surface area contributed by atoms with Crippen molar-refractivity contribution in [3.8, 4) is 0 Å². The van der Waals surface area contributed by atoms with Crippen LogP contribution >= 0.6 is 11.3 Å². The molecule has 0 bridgehead atoms. The average Bonchev–Trinajstić information content (AvgIpc) is 3.08. The molecule has 140 valence electrons. The van der Waals surface area contributed by atoms with Gasteiger partial charge in [0, 0.05) is 6.42 Å². The highest BCUT2D eigenvalue weighted by Crippen LogP contribution is 2.28. The fraction of sp³-hybridized carbons (Fsp3) is 0.333. The number of fused-ring (bicyclic) bond motifs is 1. The topological polar surface area (TPSA) is 46.4 Å². The van der Waals surface area contributed by atoms with Crippen LogP contribution in [0.2, 0.25) is 0 Å². The number of benzene rings is 2. The van der Waals surface area contributed by atoms with Gasteiger partial charge in [-0.15, -0.1) is 11.3 Å². The summed E-state index contributed by atoms with van der Waals surface area (Å²) in [5, 5.41) is 3.83. The van der Waals surface area contributed by atoms with Crippen LogP contribution in [0.3, 0.4) is 0 Å². The van der Waals surface area contributed by atoms with E-state index in [0.29, 0.717) is 6.54 Å². The number of piperidine rings is 1. The minimum atomic E-state index is -0.389. The molecule has 0 aliphatic carbocycles. The second kappa shape index (κ2) is 7.74. The molecule has 0 saturated carbocycles. The number of thiazole rings is 1. The Kier molecular flexibility index (Phi) is 5.18. The number of rotatable bonds is 4. The second-order valence-electron chi connectivity index (χ2n) is 7.18. The van der Waals surface area contributed by atoms with Crippen molar-refractivity contribution in [2.75, 3.05) is 18.4 Å². The predicted molar refractivity (Wildman–Crippen MR) is 107 cm³/mol. The van der Waals surface area contributed by atoms with E-state index in [1.165, 1.54) is 15.7 Å². The number of anilines is 1. The van der Waals surface area contributed by atoms with Crippen molar-refractivity contribution in [3.05, 3.63) is 58.9 Å². The van der Waals surface area contributed by atoms with E-state index in [0.717, 1.165) is 41.9 Å². The number of hydrogen-bond donors (Lipinski definition) is 2. The molecule has 1 unspecified atom stereocenters. The zero-order valence-electron chi connectivity index (χ0n) is 15.3. The van der Waals surface area contributed by atoms with E-state index in [9.17, 15) is 9.18 Å². The summed E-state index contributed by atoms with van der Waals surface area (Å²) in [6, 6.07) is 13.2. The van der Waals surface area contributed by atoms with Gasteiger partial charge in [0.25, 0.3) is 5.91 Å². The van der Waals surface area contributed by atoms with Gasteiger partial charge in [-0.3, -0.25) is 4.79 Å². The molecule has 1 aliphatic rings. The van der Waals surface area contributed by atoms with Crippen LogP contribution in [0.15, 0.2) is 42.5 Å². The van der Waals surface area contributed by atoms with Gasteiger partial charge in [-0.25, -0.2) is 9.37 Å². The Bertz CT molecular complexity index is 938. The summed E-state index contributed by atoms with van der Waals surface area (Å²) in [5.74, 6) is -0.541. The van der Waals surface area contributed by atoms with Crippen molar-refractivity contribution in [2.45, 2.75) is 32.2 Å². The van der Waals surface area contributed by atoms with Crippen LogP contribution in [-0.2, 0) is 4.79 Å². The molecule has 4 rings (SSSR count). The monoisotopic (exact) mass is 384 g/mol. The maximum Gasteiger partial charge on any atom is 0.279 e. The largest absolute Gasteiger partial charge is 0.319 e. The van der Waals surface area contributed by atoms with Crippen molar-refractivity contribution >= 4 is 33.1 Å². The lowest BCUT2D eigenvalue weighted by Gasteiger charge is -2.30. The number of likely N-dealkylation sites (tertiary alicyclic amines) is 1. The first kappa shape index (κ1) is 18.1. The zero-order valence-corrected chi connectivity index (χ0v) is 16.1. The van der Waals surface area contributed by atoms with E-state index < -0.39 is 0 Å². The number of nitrogens with one attached hydrogen (secondary N) is 2. The quantitative estimate of drug-likeness (QED) is 0.723. The number of carbonyl (C=O) groups is 1. The molecule has 6 heteroatoms. The Hall–Kier alpha value is -2.31. The van der Waals surface area contributed by atoms with E-state index in [1.54, 1.807) is 23.5 Å². The van der Waals surface area contributed by atoms with E-state index >= 15 is 0 Å². The summed E-state index contributed by atoms with van der Waals surface area (Å²) >= 11 is 1.72. The van der Waals surface area contributed by atoms with Gasteiger partial charge >= 0.3 is 0 Å². The van der Waals surface area contributed by atoms with Crippen molar-refractivity contribution < 1.29 is 14.1 Å². The fourth-order valence-corrected chi connectivity index (χ4v) is 4.91. The number of hydrogen-bond acceptors (Lipinski definition) is 3. The molecule has 0 radical (unpaired) electrons. The van der Waals surface area contributed by atoms with Gasteiger partial charge < -0.3 is 10.2 Å². The molecule has 2 N–H and O–H groups in total. The number of carbonyl (C=O) groups excluding carboxylic acids is 1. The minimum absolute atomic E-state index is 0.152. The van der Waals surface area contributed by atoms with Crippen LogP contribution in [0.4, 0.5) is 10.1 Å². The molecule has 0 spiro atoms. The lowest BCUT2D eigenvalue weighted by atomic mass is 10.0. The summed E-state index contributed by atoms with van der Waals surface area (Å²) in [4.78, 5) is 18.6. The number of aromatic nitrogens is 1. The first-order valence-corrected chi connectivity index (χ1v) is 10.2. The van der Waals surface area contributed by atoms with E-state index in [1.807, 2.05) is 25.1 Å². The van der Waals surface area contributed by atoms with Crippen molar-refractivity contribution in [1.29, 1.82) is 0 Å². The Labute approximate surface area is 162 Å². The minimum Gasteiger partial charge on any atom is -0.319 e. The van der Waals surface area contributed by atoms with Crippen LogP contribution in [0.25, 0.3) is 10.2 Å². The zero-order chi connectivity index (χ0) is 18.8. The lowest BCUT2D eigenvalue weighted by molar-refractivity contribution is -0.929. The van der Waals surface area contributed by atoms with Crippen LogP contribution in [0, 0.1) is 12.7 Å². The molecular formula is C21H23FN3OS+. The van der Waals surface area contributed by atoms with Crippen molar-refractivity contribution in [3.63, 3.8) is 0 Å². The molecular weight excluding hydrogens is 361 g/mol. The average molecular weight is 384 g/mol. The summed E-state index contributed by atoms with van der Waals surface area (Å²) < 4.78 is 15.2. The van der Waals surface area contributed by atoms with Crippen molar-refractivity contribution in [2.24, 2.45) is 0 Å². The second-order valence-corrected chi connectivity index (χ2v) is 8.25. The van der Waals surface area contributed by atoms with Gasteiger partial charge in [0.05, 0.1) is 22.4 Å². The normalized spacial score (nSPS) is 19.9. The number of nitrogens with zero attached hydrogens (tertiary/aromatic N) is 1. The fourth-order valence-electron chi connectivity index (χ4n) is 3.75. The Morgan fingerprint density at radius 1 is 1.30 bits per heavy atom. The SMILES string of the molecule is Cc1ccc(NC(=O)C[NH+]2CCCC[C@H]2c2nc3ccccc3s2)c(F)c1. The highest BCUT2D eigenvalue weighted by molar-refractivity contribution is 7.18. The van der Waals surface area contributed by atoms with Gasteiger partial charge in [0.1, 0.15) is 11.9 Å². The molecule has 2 heterocycles. The molecule has 3 aromatic rings. The summed E-state index contributed by atoms with van der Waals surface area (Å²) in [5.41, 5.74) is 2.11. The molecule has 1 amide bonds. The smallest absolute Gasteiger partial charge is 0.279 e. The van der Waals surface area contributed by atoms with E-state index in [4.69, 9.17) is 4.98 Å². The molecule has 1 aromatic heterocycles. The highest BCUT2D eigenvalue weighted by atomic mass is 32.1. The Morgan fingerprint density at radius 2 is 2.15 bits per heavy atom. The van der Waals surface area contributed by atoms with Gasteiger partial charge in [-0.2, -0.15) is 0 Å². The number of halogens is 1. The first-order chi connectivity index (χ1) is 13.1. The third-order valence-corrected chi connectivity index (χ3v) is 6.28. The van der Waals surface area contributed by atoms with Gasteiger partial charge in [0.15, 0.2) is 11.6 Å². The van der Waals surface area contributed by atoms with Gasteiger partial charge in [-0.05, 0) is 49.6 Å². The van der Waals surface area contributed by atoms with Crippen LogP contribution < -0.4 is 10.2 Å². The van der Waals surface area contributed by atoms with Crippen LogP contribution in [0.5, 0.6) is 0 Å². The van der Waals surface area contributed by atoms with Crippen LogP contribution in [-0.4, -0.2) is 24.0 Å². The Morgan fingerprint density at radius 3 is 2.96 bits per heavy atom. The lowest BCUT2D eigenvalue weighted by Crippen LogP contribution is -3.14. The highest BCUT2D eigenvalue weighted by Gasteiger charge is 2.32. The maximum absolute atomic E-state index is 14.0. The molecule has 2 aromatic carbocycles. The van der Waals surface area contributed by atoms with Crippen molar-refractivity contribution in [1.82, 2.24) is 4.98 Å². The maximum atomic E-state index is 14.0. The van der Waals surface area contributed by atoms with E-state index in [2.05, 4.69) is 11.4 Å². The number of amides is 1. The standard InChI is InChI=1S/C21H22FN3OS/c1-14-9-10-16(15(22)12-14)23-20(26)13-25-11-5-4-7-18(25)21-24-17-6-2-3-8-19(17)27-21/h2-3,6,8-10,12,18H,4-5,7,11,13H2,1H3,(H,23,26)/p+1/t18-/m0/s1. The molecule has 1 fully saturated rings. The Balaban J connectivity index is 1.49. The number of quaternary nitrogens is 1. The van der Waals surface area contributed by atoms with Gasteiger partial charge in [-0.1, -0.05) is 18.2 Å². The molecule has 2 atom stereocenters. The molecule has 27 heavy (non-hydrogen) atoms. The van der Waals surface area contributed by atoms with Gasteiger partial charge in [0.2, 0.25) is 0 Å². The number of aryl methyl sites for hydroxylation is 1. The molecule has 4 nitrogen and oxygen atoms in total. The summed E-state index contributed by atoms with van der Waals surface area (Å²) in [6.07, 6.45) is 3.28. The van der Waals surface area contributed by atoms with Crippen LogP contribution in [0.1, 0.15) is 35.9 Å². The van der Waals surface area contributed by atoms with E-state index in [-0.39, 0.29) is 23.5 Å². The predicted octanol–water partition coefficient (Wildman–Crippen LogP) is 3.49. The summed E-state index contributed by atoms with van der Waals surface area (Å²) in [7, 11) is 0. The molecule has 1 aliphatic heterocycles. The number of para-hydroxylation sites is 1.